The molecule has 2 aliphatic carbocycles. The number of phenols is 1. The largest absolute Gasteiger partial charge is 0.507 e. The van der Waals surface area contributed by atoms with E-state index in [0.717, 1.165) is 38.5 Å². The van der Waals surface area contributed by atoms with Crippen LogP contribution in [0.15, 0.2) is 24.4 Å². The molecule has 5 rings (SSSR count). The van der Waals surface area contributed by atoms with Crippen molar-refractivity contribution in [2.75, 3.05) is 4.90 Å². The number of halogens is 1. The van der Waals surface area contributed by atoms with Crippen LogP contribution < -0.4 is 4.90 Å². The summed E-state index contributed by atoms with van der Waals surface area (Å²) in [5.74, 6) is 1.44. The summed E-state index contributed by atoms with van der Waals surface area (Å²) in [6.07, 6.45) is 6.44. The van der Waals surface area contributed by atoms with E-state index in [9.17, 15) is 5.11 Å². The Morgan fingerprint density at radius 3 is 2.65 bits per heavy atom. The monoisotopic (exact) mass is 462 g/mol. The van der Waals surface area contributed by atoms with Crippen molar-refractivity contribution in [3.8, 4) is 34.6 Å². The van der Waals surface area contributed by atoms with Gasteiger partial charge >= 0.3 is 0 Å². The van der Waals surface area contributed by atoms with Crippen LogP contribution in [0, 0.1) is 17.2 Å². The minimum absolute atomic E-state index is 0.0426. The Hall–Kier alpha value is -3.61. The maximum atomic E-state index is 15.3. The average Bonchev–Trinajstić information content (AvgIpc) is 3.61. The number of aromatic nitrogens is 6. The molecule has 9 nitrogen and oxygen atoms in total. The highest BCUT2D eigenvalue weighted by Crippen LogP contribution is 2.40. The second-order valence-corrected chi connectivity index (χ2v) is 9.12. The number of anilines is 1. The maximum absolute atomic E-state index is 15.3. The predicted molar refractivity (Wildman–Crippen MR) is 123 cm³/mol. The zero-order valence-electron chi connectivity index (χ0n) is 19.3. The highest BCUT2D eigenvalue weighted by atomic mass is 19.1. The standard InChI is InChI=1S/C24H27FN8O/c1-3-14-5-4-6-18(22(14)25)33(16-8-9-16)21-13-27-24(30-29-21)17-10-7-15(11-19(17)34)23-28-20(12-26)32(2)31-23/h7,10-11,13-14,16,18,22,34H,3-6,8-9H2,1-2H3/t14-,18+,22-/m1/s1. The number of phenolic OH excluding ortho intramolecular Hbond substituents is 1. The van der Waals surface area contributed by atoms with Crippen LogP contribution in [-0.4, -0.2) is 53.3 Å². The van der Waals surface area contributed by atoms with Crippen LogP contribution in [-0.2, 0) is 7.05 Å². The van der Waals surface area contributed by atoms with Gasteiger partial charge < -0.3 is 10.0 Å². The van der Waals surface area contributed by atoms with Crippen LogP contribution in [0.4, 0.5) is 10.2 Å². The summed E-state index contributed by atoms with van der Waals surface area (Å²) in [4.78, 5) is 10.7. The molecule has 2 aromatic heterocycles. The fraction of sp³-hybridized carbons (Fsp3) is 0.500. The summed E-state index contributed by atoms with van der Waals surface area (Å²) < 4.78 is 16.7. The Balaban J connectivity index is 1.39. The van der Waals surface area contributed by atoms with E-state index in [2.05, 4.69) is 37.1 Å². The molecule has 10 heteroatoms. The number of aryl methyl sites for hydroxylation is 1. The first-order valence-corrected chi connectivity index (χ1v) is 11.8. The van der Waals surface area contributed by atoms with E-state index in [-0.39, 0.29) is 35.4 Å². The van der Waals surface area contributed by atoms with Gasteiger partial charge in [-0.25, -0.2) is 14.1 Å². The fourth-order valence-electron chi connectivity index (χ4n) is 4.90. The lowest BCUT2D eigenvalue weighted by Gasteiger charge is -2.40. The Morgan fingerprint density at radius 1 is 1.21 bits per heavy atom. The third-order valence-corrected chi connectivity index (χ3v) is 6.89. The van der Waals surface area contributed by atoms with Gasteiger partial charge in [-0.05, 0) is 43.7 Å². The van der Waals surface area contributed by atoms with E-state index in [1.165, 1.54) is 10.7 Å². The molecule has 2 heterocycles. The van der Waals surface area contributed by atoms with Gasteiger partial charge in [0.15, 0.2) is 17.5 Å². The number of alkyl halides is 1. The first-order valence-electron chi connectivity index (χ1n) is 11.8. The van der Waals surface area contributed by atoms with Crippen molar-refractivity contribution in [1.82, 2.24) is 29.9 Å². The number of hydrogen-bond acceptors (Lipinski definition) is 8. The lowest BCUT2D eigenvalue weighted by Crippen LogP contribution is -2.49. The summed E-state index contributed by atoms with van der Waals surface area (Å²) in [7, 11) is 1.64. The van der Waals surface area contributed by atoms with Crippen LogP contribution in [0.3, 0.4) is 0 Å². The van der Waals surface area contributed by atoms with Crippen molar-refractivity contribution in [3.05, 3.63) is 30.2 Å². The zero-order chi connectivity index (χ0) is 23.8. The Bertz CT molecular complexity index is 1220. The van der Waals surface area contributed by atoms with E-state index in [1.54, 1.807) is 25.4 Å². The summed E-state index contributed by atoms with van der Waals surface area (Å²) in [6.45, 7) is 2.06. The maximum Gasteiger partial charge on any atom is 0.231 e. The Kier molecular flexibility index (Phi) is 5.86. The number of benzene rings is 1. The van der Waals surface area contributed by atoms with Gasteiger partial charge in [0.1, 0.15) is 18.0 Å². The van der Waals surface area contributed by atoms with Gasteiger partial charge in [-0.3, -0.25) is 0 Å². The lowest BCUT2D eigenvalue weighted by atomic mass is 9.81. The van der Waals surface area contributed by atoms with Crippen molar-refractivity contribution in [2.45, 2.75) is 63.7 Å². The molecule has 2 saturated carbocycles. The number of rotatable bonds is 6. The number of hydrogen-bond donors (Lipinski definition) is 1. The van der Waals surface area contributed by atoms with Crippen LogP contribution in [0.25, 0.3) is 22.8 Å². The molecule has 3 aromatic rings. The highest BCUT2D eigenvalue weighted by molar-refractivity contribution is 5.70. The molecular weight excluding hydrogens is 435 g/mol. The van der Waals surface area contributed by atoms with Crippen molar-refractivity contribution in [3.63, 3.8) is 0 Å². The zero-order valence-corrected chi connectivity index (χ0v) is 19.3. The molecule has 0 bridgehead atoms. The van der Waals surface area contributed by atoms with Crippen molar-refractivity contribution >= 4 is 5.82 Å². The van der Waals surface area contributed by atoms with Crippen LogP contribution in [0.2, 0.25) is 0 Å². The van der Waals surface area contributed by atoms with Gasteiger partial charge in [-0.2, -0.15) is 15.3 Å². The van der Waals surface area contributed by atoms with Gasteiger partial charge in [-0.15, -0.1) is 10.2 Å². The molecule has 34 heavy (non-hydrogen) atoms. The Morgan fingerprint density at radius 2 is 2.03 bits per heavy atom. The fourth-order valence-corrected chi connectivity index (χ4v) is 4.90. The summed E-state index contributed by atoms with van der Waals surface area (Å²) in [6, 6.07) is 6.99. The molecule has 0 aliphatic heterocycles. The SMILES string of the molecule is CC[C@@H]1CCC[C@H](N(c2cnc(-c3ccc(-c4nc(C#N)n(C)n4)cc3O)nn2)C2CC2)[C@@H]1F. The smallest absolute Gasteiger partial charge is 0.231 e. The molecule has 0 saturated heterocycles. The molecule has 0 radical (unpaired) electrons. The summed E-state index contributed by atoms with van der Waals surface area (Å²) >= 11 is 0. The third-order valence-electron chi connectivity index (χ3n) is 6.89. The van der Waals surface area contributed by atoms with Gasteiger partial charge in [0.05, 0.1) is 17.8 Å². The van der Waals surface area contributed by atoms with E-state index < -0.39 is 6.17 Å². The first kappa shape index (κ1) is 22.2. The second-order valence-electron chi connectivity index (χ2n) is 9.12. The van der Waals surface area contributed by atoms with E-state index in [1.807, 2.05) is 6.07 Å². The topological polar surface area (TPSA) is 117 Å². The number of nitriles is 1. The second kappa shape index (κ2) is 8.97. The lowest BCUT2D eigenvalue weighted by molar-refractivity contribution is 0.130. The first-order chi connectivity index (χ1) is 16.5. The Labute approximate surface area is 197 Å². The molecule has 0 spiro atoms. The van der Waals surface area contributed by atoms with Gasteiger partial charge in [0.2, 0.25) is 5.82 Å². The molecule has 0 unspecified atom stereocenters. The summed E-state index contributed by atoms with van der Waals surface area (Å²) in [5.41, 5.74) is 0.990. The molecule has 2 aliphatic rings. The molecule has 3 atom stereocenters. The minimum Gasteiger partial charge on any atom is -0.507 e. The molecule has 0 amide bonds. The third kappa shape index (κ3) is 4.06. The number of nitrogens with zero attached hydrogens (tertiary/aromatic N) is 8. The van der Waals surface area contributed by atoms with Crippen LogP contribution >= 0.6 is 0 Å². The van der Waals surface area contributed by atoms with Gasteiger partial charge in [0.25, 0.3) is 0 Å². The molecule has 2 fully saturated rings. The van der Waals surface area contributed by atoms with Gasteiger partial charge in [0, 0.05) is 18.7 Å². The minimum atomic E-state index is -0.876. The molecule has 176 valence electrons. The number of aromatic hydroxyl groups is 1. The van der Waals surface area contributed by atoms with Gasteiger partial charge in [-0.1, -0.05) is 25.8 Å². The molecule has 1 N–H and O–H groups in total. The predicted octanol–water partition coefficient (Wildman–Crippen LogP) is 3.80. The normalized spacial score (nSPS) is 22.4. The average molecular weight is 463 g/mol. The van der Waals surface area contributed by atoms with E-state index in [4.69, 9.17) is 5.26 Å². The molecular formula is C24H27FN8O. The van der Waals surface area contributed by atoms with E-state index >= 15 is 4.39 Å². The van der Waals surface area contributed by atoms with Crippen LogP contribution in [0.5, 0.6) is 5.75 Å². The van der Waals surface area contributed by atoms with Crippen molar-refractivity contribution < 1.29 is 9.50 Å². The molecule has 1 aromatic carbocycles. The van der Waals surface area contributed by atoms with Crippen molar-refractivity contribution in [2.24, 2.45) is 13.0 Å². The highest BCUT2D eigenvalue weighted by Gasteiger charge is 2.42. The summed E-state index contributed by atoms with van der Waals surface area (Å²) in [5, 5.41) is 32.6. The quantitative estimate of drug-likeness (QED) is 0.588. The van der Waals surface area contributed by atoms with E-state index in [0.29, 0.717) is 22.8 Å². The van der Waals surface area contributed by atoms with Crippen LogP contribution in [0.1, 0.15) is 51.3 Å². The van der Waals surface area contributed by atoms with Crippen molar-refractivity contribution in [1.29, 1.82) is 5.26 Å².